The summed E-state index contributed by atoms with van der Waals surface area (Å²) >= 11 is 0. The summed E-state index contributed by atoms with van der Waals surface area (Å²) in [6, 6.07) is 0. The molecule has 0 rings (SSSR count). The van der Waals surface area contributed by atoms with Crippen molar-refractivity contribution in [3.05, 3.63) is 0 Å². The standard InChI is InChI=1S/C5H11BF3.K/c1-4(2)5(3)6(7,8)9;/h4-5H,1-3H3;/q-1;+1. The van der Waals surface area contributed by atoms with Crippen LogP contribution in [0.1, 0.15) is 20.8 Å². The third-order valence-electron chi connectivity index (χ3n) is 1.65. The minimum Gasteiger partial charge on any atom is -0.449 e. The van der Waals surface area contributed by atoms with Gasteiger partial charge in [0, 0.05) is 0 Å². The summed E-state index contributed by atoms with van der Waals surface area (Å²) in [4.78, 5) is 0. The van der Waals surface area contributed by atoms with E-state index in [1.165, 1.54) is 6.92 Å². The normalized spacial score (nSPS) is 14.7. The first-order valence-electron chi connectivity index (χ1n) is 3.05. The Morgan fingerprint density at radius 2 is 1.30 bits per heavy atom. The predicted molar refractivity (Wildman–Crippen MR) is 33.3 cm³/mol. The molecule has 1 unspecified atom stereocenters. The summed E-state index contributed by atoms with van der Waals surface area (Å²) in [7, 11) is 0. The van der Waals surface area contributed by atoms with E-state index in [0.29, 0.717) is 0 Å². The minimum absolute atomic E-state index is 0. The molecular formula is C5H11BF3K. The van der Waals surface area contributed by atoms with Crippen molar-refractivity contribution < 1.29 is 64.3 Å². The summed E-state index contributed by atoms with van der Waals surface area (Å²) in [5.41, 5.74) is 0. The van der Waals surface area contributed by atoms with E-state index in [1.807, 2.05) is 0 Å². The molecule has 0 aromatic heterocycles. The van der Waals surface area contributed by atoms with Crippen LogP contribution in [0, 0.1) is 5.92 Å². The molecule has 0 N–H and O–H groups in total. The largest absolute Gasteiger partial charge is 1.00 e. The van der Waals surface area contributed by atoms with E-state index in [9.17, 15) is 12.9 Å². The van der Waals surface area contributed by atoms with Crippen molar-refractivity contribution in [3.8, 4) is 0 Å². The van der Waals surface area contributed by atoms with E-state index < -0.39 is 12.8 Å². The van der Waals surface area contributed by atoms with Crippen LogP contribution in [-0.4, -0.2) is 6.98 Å². The number of hydrogen-bond acceptors (Lipinski definition) is 0. The van der Waals surface area contributed by atoms with Crippen LogP contribution in [0.2, 0.25) is 5.82 Å². The van der Waals surface area contributed by atoms with Crippen LogP contribution in [0.15, 0.2) is 0 Å². The molecule has 0 saturated carbocycles. The molecule has 0 nitrogen and oxygen atoms in total. The van der Waals surface area contributed by atoms with E-state index in [4.69, 9.17) is 0 Å². The zero-order valence-electron chi connectivity index (χ0n) is 6.87. The smallest absolute Gasteiger partial charge is 0.449 e. The molecule has 0 bridgehead atoms. The summed E-state index contributed by atoms with van der Waals surface area (Å²) in [6.45, 7) is -0.213. The topological polar surface area (TPSA) is 0 Å². The fourth-order valence-electron chi connectivity index (χ4n) is 0.436. The van der Waals surface area contributed by atoms with Gasteiger partial charge in [-0.05, 0) is 0 Å². The maximum Gasteiger partial charge on any atom is 1.00 e. The molecule has 0 heterocycles. The van der Waals surface area contributed by atoms with Gasteiger partial charge in [-0.25, -0.2) is 0 Å². The zero-order valence-corrected chi connectivity index (χ0v) is 9.99. The van der Waals surface area contributed by atoms with E-state index in [-0.39, 0.29) is 57.3 Å². The maximum absolute atomic E-state index is 11.8. The molecule has 5 heteroatoms. The van der Waals surface area contributed by atoms with Crippen molar-refractivity contribution in [1.82, 2.24) is 0 Å². The van der Waals surface area contributed by atoms with Gasteiger partial charge in [0.2, 0.25) is 0 Å². The third kappa shape index (κ3) is 5.18. The van der Waals surface area contributed by atoms with Gasteiger partial charge in [-0.1, -0.05) is 32.5 Å². The number of halogens is 3. The van der Waals surface area contributed by atoms with Gasteiger partial charge in [-0.3, -0.25) is 0 Å². The van der Waals surface area contributed by atoms with Gasteiger partial charge in [0.1, 0.15) is 0 Å². The molecule has 0 radical (unpaired) electrons. The first kappa shape index (κ1) is 14.0. The van der Waals surface area contributed by atoms with Crippen molar-refractivity contribution in [2.24, 2.45) is 5.92 Å². The van der Waals surface area contributed by atoms with Crippen molar-refractivity contribution in [2.75, 3.05) is 0 Å². The Morgan fingerprint density at radius 1 is 1.00 bits per heavy atom. The van der Waals surface area contributed by atoms with Crippen molar-refractivity contribution in [3.63, 3.8) is 0 Å². The van der Waals surface area contributed by atoms with Crippen LogP contribution in [0.3, 0.4) is 0 Å². The van der Waals surface area contributed by atoms with Crippen molar-refractivity contribution >= 4 is 6.98 Å². The summed E-state index contributed by atoms with van der Waals surface area (Å²) in [6.07, 6.45) is 0. The summed E-state index contributed by atoms with van der Waals surface area (Å²) < 4.78 is 35.3. The number of hydrogen-bond donors (Lipinski definition) is 0. The third-order valence-corrected chi connectivity index (χ3v) is 1.65. The molecule has 1 atom stereocenters. The molecule has 0 amide bonds. The molecule has 0 aromatic rings. The predicted octanol–water partition coefficient (Wildman–Crippen LogP) is -0.116. The molecule has 0 aliphatic carbocycles. The van der Waals surface area contributed by atoms with Crippen LogP contribution in [-0.2, 0) is 0 Å². The van der Waals surface area contributed by atoms with E-state index >= 15 is 0 Å². The SMILES string of the molecule is CC(C)C(C)[B-](F)(F)F.[K+]. The van der Waals surface area contributed by atoms with Crippen LogP contribution < -0.4 is 51.4 Å². The molecule has 56 valence electrons. The second-order valence-electron chi connectivity index (χ2n) is 2.73. The van der Waals surface area contributed by atoms with E-state index in [1.54, 1.807) is 13.8 Å². The van der Waals surface area contributed by atoms with Crippen LogP contribution >= 0.6 is 0 Å². The van der Waals surface area contributed by atoms with Gasteiger partial charge in [0.15, 0.2) is 0 Å². The second-order valence-corrected chi connectivity index (χ2v) is 2.73. The zero-order chi connectivity index (χ0) is 7.65. The van der Waals surface area contributed by atoms with Crippen LogP contribution in [0.4, 0.5) is 12.9 Å². The van der Waals surface area contributed by atoms with E-state index in [2.05, 4.69) is 0 Å². The quantitative estimate of drug-likeness (QED) is 0.517. The average molecular weight is 178 g/mol. The minimum atomic E-state index is -4.61. The monoisotopic (exact) mass is 178 g/mol. The van der Waals surface area contributed by atoms with Gasteiger partial charge in [0.05, 0.1) is 0 Å². The fraction of sp³-hybridized carbons (Fsp3) is 1.00. The summed E-state index contributed by atoms with van der Waals surface area (Å²) in [5.74, 6) is -1.41. The fourth-order valence-corrected chi connectivity index (χ4v) is 0.436. The molecule has 0 aliphatic heterocycles. The first-order valence-corrected chi connectivity index (χ1v) is 3.05. The van der Waals surface area contributed by atoms with Gasteiger partial charge >= 0.3 is 58.4 Å². The van der Waals surface area contributed by atoms with Gasteiger partial charge in [-0.2, -0.15) is 0 Å². The van der Waals surface area contributed by atoms with E-state index in [0.717, 1.165) is 0 Å². The molecule has 0 saturated heterocycles. The van der Waals surface area contributed by atoms with Crippen molar-refractivity contribution in [1.29, 1.82) is 0 Å². The Morgan fingerprint density at radius 3 is 1.30 bits per heavy atom. The van der Waals surface area contributed by atoms with Crippen LogP contribution in [0.25, 0.3) is 0 Å². The Labute approximate surface area is 102 Å². The van der Waals surface area contributed by atoms with Gasteiger partial charge in [0.25, 0.3) is 0 Å². The average Bonchev–Trinajstić information content (AvgIpc) is 1.62. The summed E-state index contributed by atoms with van der Waals surface area (Å²) in [5, 5.41) is 0. The van der Waals surface area contributed by atoms with Crippen molar-refractivity contribution in [2.45, 2.75) is 26.6 Å². The second kappa shape index (κ2) is 5.19. The number of rotatable bonds is 2. The maximum atomic E-state index is 11.8. The van der Waals surface area contributed by atoms with Gasteiger partial charge < -0.3 is 12.9 Å². The first-order chi connectivity index (χ1) is 3.85. The Hall–Kier alpha value is 1.49. The Balaban J connectivity index is 0. The molecular weight excluding hydrogens is 167 g/mol. The van der Waals surface area contributed by atoms with Crippen LogP contribution in [0.5, 0.6) is 0 Å². The molecule has 0 aliphatic rings. The molecule has 10 heavy (non-hydrogen) atoms. The Kier molecular flexibility index (Phi) is 7.29. The molecule has 0 spiro atoms. The Bertz CT molecular complexity index is 91.4. The molecule has 0 aromatic carbocycles. The molecule has 0 fully saturated rings. The van der Waals surface area contributed by atoms with Gasteiger partial charge in [-0.15, -0.1) is 0 Å².